The molecule has 0 unspecified atom stereocenters. The number of ether oxygens (including phenoxy) is 1. The average molecular weight is 365 g/mol. The molecule has 9 nitrogen and oxygen atoms in total. The number of sulfonamides is 1. The maximum atomic E-state index is 12.3. The van der Waals surface area contributed by atoms with Gasteiger partial charge in [0.2, 0.25) is 11.8 Å². The lowest BCUT2D eigenvalue weighted by Crippen LogP contribution is -2.35. The van der Waals surface area contributed by atoms with Crippen molar-refractivity contribution in [2.24, 2.45) is 0 Å². The summed E-state index contributed by atoms with van der Waals surface area (Å²) in [6.45, 7) is 1.64. The number of carbonyl (C=O) groups excluding carboxylic acids is 1. The van der Waals surface area contributed by atoms with Gasteiger partial charge in [-0.3, -0.25) is 5.32 Å². The molecule has 0 saturated heterocycles. The van der Waals surface area contributed by atoms with Gasteiger partial charge in [-0.25, -0.2) is 17.9 Å². The first-order valence-electron chi connectivity index (χ1n) is 7.23. The van der Waals surface area contributed by atoms with E-state index in [1.54, 1.807) is 50.2 Å². The van der Waals surface area contributed by atoms with E-state index in [9.17, 15) is 13.2 Å². The highest BCUT2D eigenvalue weighted by molar-refractivity contribution is 7.90. The largest absolute Gasteiger partial charge is 0.481 e. The van der Waals surface area contributed by atoms with E-state index in [2.05, 4.69) is 15.3 Å². The Labute approximate surface area is 146 Å². The summed E-state index contributed by atoms with van der Waals surface area (Å²) in [5, 5.41) is 2.30. The van der Waals surface area contributed by atoms with E-state index in [-0.39, 0.29) is 16.7 Å². The third kappa shape index (κ3) is 4.57. The average Bonchev–Trinajstić information content (AvgIpc) is 2.53. The van der Waals surface area contributed by atoms with E-state index in [0.29, 0.717) is 11.4 Å². The lowest BCUT2D eigenvalue weighted by Gasteiger charge is -2.14. The van der Waals surface area contributed by atoms with Gasteiger partial charge in [-0.2, -0.15) is 9.97 Å². The number of hydrogen-bond donors (Lipinski definition) is 2. The molecule has 0 fully saturated rings. The summed E-state index contributed by atoms with van der Waals surface area (Å²) in [6.07, 6.45) is 0. The van der Waals surface area contributed by atoms with Crippen LogP contribution < -0.4 is 19.7 Å². The van der Waals surface area contributed by atoms with Crippen LogP contribution in [0.15, 0.2) is 35.2 Å². The van der Waals surface area contributed by atoms with Gasteiger partial charge in [-0.1, -0.05) is 18.2 Å². The number of hydrogen-bond acceptors (Lipinski definition) is 7. The van der Waals surface area contributed by atoms with Crippen molar-refractivity contribution in [3.05, 3.63) is 35.9 Å². The summed E-state index contributed by atoms with van der Waals surface area (Å²) in [6, 6.07) is 6.95. The minimum atomic E-state index is -4.01. The fourth-order valence-electron chi connectivity index (χ4n) is 1.96. The van der Waals surface area contributed by atoms with Crippen LogP contribution in [0, 0.1) is 6.92 Å². The topological polar surface area (TPSA) is 114 Å². The fourth-order valence-corrected chi connectivity index (χ4v) is 3.12. The number of benzene rings is 1. The van der Waals surface area contributed by atoms with Gasteiger partial charge in [0, 0.05) is 20.2 Å². The summed E-state index contributed by atoms with van der Waals surface area (Å²) in [5.74, 6) is 0.639. The Morgan fingerprint density at radius 3 is 2.48 bits per heavy atom. The molecule has 2 rings (SSSR count). The van der Waals surface area contributed by atoms with E-state index in [4.69, 9.17) is 4.74 Å². The SMILES string of the molecule is COc1cc(N(C)C)nc(NC(=O)NS(=O)(=O)c2ccccc2C)n1. The van der Waals surface area contributed by atoms with Gasteiger partial charge in [0.15, 0.2) is 0 Å². The minimum absolute atomic E-state index is 0.0192. The zero-order chi connectivity index (χ0) is 18.6. The first-order valence-corrected chi connectivity index (χ1v) is 8.71. The number of amides is 2. The van der Waals surface area contributed by atoms with E-state index in [0.717, 1.165) is 0 Å². The first kappa shape index (κ1) is 18.5. The van der Waals surface area contributed by atoms with E-state index in [1.165, 1.54) is 13.2 Å². The minimum Gasteiger partial charge on any atom is -0.481 e. The smallest absolute Gasteiger partial charge is 0.335 e. The second-order valence-corrected chi connectivity index (χ2v) is 6.96. The molecule has 0 bridgehead atoms. The fraction of sp³-hybridized carbons (Fsp3) is 0.267. The molecule has 0 aliphatic heterocycles. The third-order valence-electron chi connectivity index (χ3n) is 3.19. The molecule has 1 aromatic carbocycles. The van der Waals surface area contributed by atoms with Crippen LogP contribution in [0.1, 0.15) is 5.56 Å². The molecule has 134 valence electrons. The van der Waals surface area contributed by atoms with E-state index < -0.39 is 16.1 Å². The highest BCUT2D eigenvalue weighted by Gasteiger charge is 2.20. The Hall–Kier alpha value is -2.88. The second-order valence-electron chi connectivity index (χ2n) is 5.31. The highest BCUT2D eigenvalue weighted by Crippen LogP contribution is 2.18. The number of aromatic nitrogens is 2. The summed E-state index contributed by atoms with van der Waals surface area (Å²) < 4.78 is 31.6. The van der Waals surface area contributed by atoms with Crippen LogP contribution in [0.2, 0.25) is 0 Å². The number of carbonyl (C=O) groups is 1. The molecule has 0 aliphatic carbocycles. The predicted molar refractivity (Wildman–Crippen MR) is 93.4 cm³/mol. The summed E-state index contributed by atoms with van der Waals surface area (Å²) in [7, 11) is 0.930. The van der Waals surface area contributed by atoms with Crippen LogP contribution in [-0.4, -0.2) is 45.6 Å². The van der Waals surface area contributed by atoms with Gasteiger partial charge in [0.25, 0.3) is 10.0 Å². The molecule has 0 saturated carbocycles. The van der Waals surface area contributed by atoms with E-state index in [1.807, 2.05) is 4.72 Å². The summed E-state index contributed by atoms with van der Waals surface area (Å²) >= 11 is 0. The number of anilines is 2. The maximum Gasteiger partial charge on any atom is 0.335 e. The number of rotatable bonds is 5. The third-order valence-corrected chi connectivity index (χ3v) is 4.68. The normalized spacial score (nSPS) is 10.9. The number of urea groups is 1. The van der Waals surface area contributed by atoms with E-state index >= 15 is 0 Å². The molecule has 25 heavy (non-hydrogen) atoms. The van der Waals surface area contributed by atoms with Crippen LogP contribution in [0.25, 0.3) is 0 Å². The van der Waals surface area contributed by atoms with Gasteiger partial charge in [-0.05, 0) is 18.6 Å². The zero-order valence-electron chi connectivity index (χ0n) is 14.3. The van der Waals surface area contributed by atoms with Crippen molar-refractivity contribution in [3.63, 3.8) is 0 Å². The molecule has 0 aliphatic rings. The Morgan fingerprint density at radius 1 is 1.20 bits per heavy atom. The summed E-state index contributed by atoms with van der Waals surface area (Å²) in [5.41, 5.74) is 0.523. The quantitative estimate of drug-likeness (QED) is 0.822. The molecule has 2 N–H and O–H groups in total. The Kier molecular flexibility index (Phi) is 5.42. The van der Waals surface area contributed by atoms with Crippen molar-refractivity contribution in [2.45, 2.75) is 11.8 Å². The molecule has 2 aromatic rings. The summed E-state index contributed by atoms with van der Waals surface area (Å²) in [4.78, 5) is 21.8. The van der Waals surface area contributed by atoms with Gasteiger partial charge >= 0.3 is 6.03 Å². The molecule has 10 heteroatoms. The van der Waals surface area contributed by atoms with Gasteiger partial charge in [0.05, 0.1) is 12.0 Å². The van der Waals surface area contributed by atoms with Crippen molar-refractivity contribution in [3.8, 4) is 5.88 Å². The number of aryl methyl sites for hydroxylation is 1. The lowest BCUT2D eigenvalue weighted by molar-refractivity contribution is 0.256. The Morgan fingerprint density at radius 2 is 1.88 bits per heavy atom. The maximum absolute atomic E-state index is 12.3. The van der Waals surface area contributed by atoms with Crippen LogP contribution in [-0.2, 0) is 10.0 Å². The molecule has 1 heterocycles. The molecule has 0 spiro atoms. The van der Waals surface area contributed by atoms with Crippen molar-refractivity contribution in [1.29, 1.82) is 0 Å². The van der Waals surface area contributed by atoms with Crippen LogP contribution in [0.5, 0.6) is 5.88 Å². The van der Waals surface area contributed by atoms with Crippen molar-refractivity contribution in [1.82, 2.24) is 14.7 Å². The molecular weight excluding hydrogens is 346 g/mol. The predicted octanol–water partition coefficient (Wildman–Crippen LogP) is 1.37. The standard InChI is InChI=1S/C15H19N5O4S/c1-10-7-5-6-8-11(10)25(22,23)19-15(21)18-14-16-12(20(2)3)9-13(17-14)24-4/h5-9H,1-4H3,(H2,16,17,18,19,21). The lowest BCUT2D eigenvalue weighted by atomic mass is 10.2. The Bertz CT molecular complexity index is 883. The van der Waals surface area contributed by atoms with Crippen molar-refractivity contribution >= 4 is 27.8 Å². The number of methoxy groups -OCH3 is 1. The number of nitrogens with zero attached hydrogens (tertiary/aromatic N) is 3. The van der Waals surface area contributed by atoms with Gasteiger partial charge in [-0.15, -0.1) is 0 Å². The first-order chi connectivity index (χ1) is 11.7. The monoisotopic (exact) mass is 365 g/mol. The van der Waals surface area contributed by atoms with Gasteiger partial charge in [0.1, 0.15) is 5.82 Å². The van der Waals surface area contributed by atoms with Crippen LogP contribution in [0.3, 0.4) is 0 Å². The molecule has 0 radical (unpaired) electrons. The second kappa shape index (κ2) is 7.34. The number of nitrogens with one attached hydrogen (secondary N) is 2. The molecule has 1 aromatic heterocycles. The van der Waals surface area contributed by atoms with Crippen LogP contribution in [0.4, 0.5) is 16.6 Å². The Balaban J connectivity index is 2.20. The highest BCUT2D eigenvalue weighted by atomic mass is 32.2. The van der Waals surface area contributed by atoms with Crippen molar-refractivity contribution < 1.29 is 17.9 Å². The molecular formula is C15H19N5O4S. The van der Waals surface area contributed by atoms with Gasteiger partial charge < -0.3 is 9.64 Å². The molecule has 0 atom stereocenters. The van der Waals surface area contributed by atoms with Crippen LogP contribution >= 0.6 is 0 Å². The zero-order valence-corrected chi connectivity index (χ0v) is 15.1. The van der Waals surface area contributed by atoms with Crippen molar-refractivity contribution in [2.75, 3.05) is 31.4 Å². The molecule has 2 amide bonds.